The van der Waals surface area contributed by atoms with Gasteiger partial charge in [0.1, 0.15) is 18.5 Å². The number of rotatable bonds is 5. The number of nitrogens with zero attached hydrogens (tertiary/aromatic N) is 1. The molecule has 2 atom stereocenters. The van der Waals surface area contributed by atoms with E-state index in [1.807, 2.05) is 25.1 Å². The zero-order valence-electron chi connectivity index (χ0n) is 12.1. The van der Waals surface area contributed by atoms with Crippen molar-refractivity contribution in [1.29, 1.82) is 0 Å². The van der Waals surface area contributed by atoms with Crippen molar-refractivity contribution in [3.05, 3.63) is 28.2 Å². The van der Waals surface area contributed by atoms with Crippen molar-refractivity contribution in [2.75, 3.05) is 32.8 Å². The fourth-order valence-corrected chi connectivity index (χ4v) is 2.74. The molecule has 1 aromatic rings. The number of hydrogen-bond donors (Lipinski definition) is 1. The van der Waals surface area contributed by atoms with Gasteiger partial charge in [0.2, 0.25) is 0 Å². The van der Waals surface area contributed by atoms with Gasteiger partial charge in [-0.15, -0.1) is 0 Å². The van der Waals surface area contributed by atoms with Crippen LogP contribution in [0, 0.1) is 0 Å². The van der Waals surface area contributed by atoms with E-state index in [0.717, 1.165) is 42.0 Å². The monoisotopic (exact) mass is 342 g/mol. The number of likely N-dealkylation sites (N-methyl/N-ethyl adjacent to an activating group) is 1. The quantitative estimate of drug-likeness (QED) is 0.893. The summed E-state index contributed by atoms with van der Waals surface area (Å²) in [6.07, 6.45) is 0.133. The van der Waals surface area contributed by atoms with Gasteiger partial charge in [0.15, 0.2) is 0 Å². The molecule has 1 aromatic carbocycles. The van der Waals surface area contributed by atoms with E-state index < -0.39 is 0 Å². The van der Waals surface area contributed by atoms with Crippen LogP contribution in [0.2, 0.25) is 0 Å². The Hall–Kier alpha value is -0.620. The largest absolute Gasteiger partial charge is 0.490 e. The highest BCUT2D eigenvalue weighted by molar-refractivity contribution is 9.10. The second-order valence-electron chi connectivity index (χ2n) is 5.17. The fraction of sp³-hybridized carbons (Fsp3) is 0.600. The first-order chi connectivity index (χ1) is 9.60. The molecule has 0 saturated carbocycles. The van der Waals surface area contributed by atoms with Gasteiger partial charge in [-0.2, -0.15) is 0 Å². The van der Waals surface area contributed by atoms with Gasteiger partial charge in [-0.1, -0.05) is 22.9 Å². The van der Waals surface area contributed by atoms with E-state index in [9.17, 15) is 0 Å². The number of morpholine rings is 1. The van der Waals surface area contributed by atoms with Crippen LogP contribution in [0.25, 0.3) is 0 Å². The van der Waals surface area contributed by atoms with Crippen molar-refractivity contribution in [3.8, 4) is 5.75 Å². The van der Waals surface area contributed by atoms with Gasteiger partial charge >= 0.3 is 0 Å². The third-order valence-corrected chi connectivity index (χ3v) is 4.05. The molecule has 5 heteroatoms. The molecule has 4 nitrogen and oxygen atoms in total. The minimum absolute atomic E-state index is 0.0538. The molecule has 1 aliphatic rings. The summed E-state index contributed by atoms with van der Waals surface area (Å²) in [5, 5.41) is 0. The third-order valence-electron chi connectivity index (χ3n) is 3.56. The van der Waals surface area contributed by atoms with Crippen LogP contribution in [-0.2, 0) is 4.74 Å². The zero-order valence-corrected chi connectivity index (χ0v) is 13.7. The van der Waals surface area contributed by atoms with Crippen LogP contribution in [0.3, 0.4) is 0 Å². The van der Waals surface area contributed by atoms with E-state index in [1.165, 1.54) is 0 Å². The average Bonchev–Trinajstić information content (AvgIpc) is 2.46. The maximum Gasteiger partial charge on any atom is 0.124 e. The molecule has 1 saturated heterocycles. The molecule has 0 spiro atoms. The summed E-state index contributed by atoms with van der Waals surface area (Å²) in [6.45, 7) is 8.48. The van der Waals surface area contributed by atoms with E-state index >= 15 is 0 Å². The summed E-state index contributed by atoms with van der Waals surface area (Å²) in [7, 11) is 0. The second kappa shape index (κ2) is 7.41. The summed E-state index contributed by atoms with van der Waals surface area (Å²) in [4.78, 5) is 2.38. The molecule has 0 radical (unpaired) electrons. The van der Waals surface area contributed by atoms with E-state index in [0.29, 0.717) is 6.61 Å². The van der Waals surface area contributed by atoms with Crippen molar-refractivity contribution in [2.45, 2.75) is 26.0 Å². The molecule has 112 valence electrons. The fourth-order valence-electron chi connectivity index (χ4n) is 2.36. The first kappa shape index (κ1) is 15.8. The highest BCUT2D eigenvalue weighted by Crippen LogP contribution is 2.27. The molecule has 20 heavy (non-hydrogen) atoms. The standard InChI is InChI=1S/C15H23BrN2O2/c1-3-18-6-7-19-13(9-18)10-20-15-5-4-12(16)8-14(15)11(2)17/h4-5,8,11,13H,3,6-7,9-10,17H2,1-2H3/t11-,13?/m0/s1. The van der Waals surface area contributed by atoms with Gasteiger partial charge in [-0.3, -0.25) is 4.90 Å². The van der Waals surface area contributed by atoms with Gasteiger partial charge < -0.3 is 15.2 Å². The lowest BCUT2D eigenvalue weighted by Crippen LogP contribution is -2.44. The molecule has 0 bridgehead atoms. The van der Waals surface area contributed by atoms with Gasteiger partial charge in [-0.25, -0.2) is 0 Å². The molecule has 2 rings (SSSR count). The van der Waals surface area contributed by atoms with Crippen LogP contribution in [-0.4, -0.2) is 43.9 Å². The molecule has 1 aliphatic heterocycles. The number of nitrogens with two attached hydrogens (primary N) is 1. The first-order valence-electron chi connectivity index (χ1n) is 7.12. The van der Waals surface area contributed by atoms with Gasteiger partial charge in [0.25, 0.3) is 0 Å². The van der Waals surface area contributed by atoms with Crippen molar-refractivity contribution in [1.82, 2.24) is 4.90 Å². The minimum Gasteiger partial charge on any atom is -0.490 e. The predicted octanol–water partition coefficient (Wildman–Crippen LogP) is 2.57. The molecule has 0 aromatic heterocycles. The number of ether oxygens (including phenoxy) is 2. The Morgan fingerprint density at radius 1 is 1.55 bits per heavy atom. The summed E-state index contributed by atoms with van der Waals surface area (Å²) in [5.41, 5.74) is 7.01. The highest BCUT2D eigenvalue weighted by Gasteiger charge is 2.20. The zero-order chi connectivity index (χ0) is 14.5. The Morgan fingerprint density at radius 2 is 2.35 bits per heavy atom. The maximum atomic E-state index is 6.00. The average molecular weight is 343 g/mol. The van der Waals surface area contributed by atoms with Gasteiger partial charge in [0.05, 0.1) is 6.61 Å². The second-order valence-corrected chi connectivity index (χ2v) is 6.08. The molecule has 0 amide bonds. The van der Waals surface area contributed by atoms with E-state index in [-0.39, 0.29) is 12.1 Å². The normalized spacial score (nSPS) is 21.7. The van der Waals surface area contributed by atoms with Crippen LogP contribution in [0.5, 0.6) is 5.75 Å². The number of benzene rings is 1. The van der Waals surface area contributed by atoms with Crippen LogP contribution in [0.15, 0.2) is 22.7 Å². The molecular formula is C15H23BrN2O2. The molecule has 0 aliphatic carbocycles. The summed E-state index contributed by atoms with van der Waals surface area (Å²) in [6, 6.07) is 5.90. The molecule has 1 heterocycles. The van der Waals surface area contributed by atoms with Crippen LogP contribution < -0.4 is 10.5 Å². The van der Waals surface area contributed by atoms with Crippen molar-refractivity contribution in [3.63, 3.8) is 0 Å². The highest BCUT2D eigenvalue weighted by atomic mass is 79.9. The Bertz CT molecular complexity index is 440. The summed E-state index contributed by atoms with van der Waals surface area (Å²) < 4.78 is 12.7. The lowest BCUT2D eigenvalue weighted by atomic mass is 10.1. The Balaban J connectivity index is 1.96. The smallest absolute Gasteiger partial charge is 0.124 e. The Kier molecular flexibility index (Phi) is 5.84. The van der Waals surface area contributed by atoms with Crippen molar-refractivity contribution >= 4 is 15.9 Å². The molecular weight excluding hydrogens is 320 g/mol. The van der Waals surface area contributed by atoms with Crippen molar-refractivity contribution < 1.29 is 9.47 Å². The third kappa shape index (κ3) is 4.19. The van der Waals surface area contributed by atoms with Crippen molar-refractivity contribution in [2.24, 2.45) is 5.73 Å². The molecule has 1 unspecified atom stereocenters. The van der Waals surface area contributed by atoms with Gasteiger partial charge in [-0.05, 0) is 31.7 Å². The number of halogens is 1. The SMILES string of the molecule is CCN1CCOC(COc2ccc(Br)cc2[C@H](C)N)C1. The van der Waals surface area contributed by atoms with E-state index in [1.54, 1.807) is 0 Å². The van der Waals surface area contributed by atoms with E-state index in [4.69, 9.17) is 15.2 Å². The summed E-state index contributed by atoms with van der Waals surface area (Å²) >= 11 is 3.47. The lowest BCUT2D eigenvalue weighted by Gasteiger charge is -2.32. The molecule has 2 N–H and O–H groups in total. The first-order valence-corrected chi connectivity index (χ1v) is 7.91. The van der Waals surface area contributed by atoms with Crippen LogP contribution in [0.1, 0.15) is 25.5 Å². The van der Waals surface area contributed by atoms with Crippen LogP contribution >= 0.6 is 15.9 Å². The maximum absolute atomic E-state index is 6.00. The Morgan fingerprint density at radius 3 is 3.05 bits per heavy atom. The predicted molar refractivity (Wildman–Crippen MR) is 84.1 cm³/mol. The number of hydrogen-bond acceptors (Lipinski definition) is 4. The minimum atomic E-state index is -0.0538. The topological polar surface area (TPSA) is 47.7 Å². The van der Waals surface area contributed by atoms with Crippen LogP contribution in [0.4, 0.5) is 0 Å². The Labute approximate surface area is 129 Å². The molecule has 1 fully saturated rings. The summed E-state index contributed by atoms with van der Waals surface area (Å²) in [5.74, 6) is 0.848. The van der Waals surface area contributed by atoms with Gasteiger partial charge in [0, 0.05) is 29.2 Å². The lowest BCUT2D eigenvalue weighted by molar-refractivity contribution is -0.0465. The van der Waals surface area contributed by atoms with E-state index in [2.05, 4.69) is 27.8 Å².